The van der Waals surface area contributed by atoms with Crippen molar-refractivity contribution in [3.63, 3.8) is 0 Å². The molecular formula is C74H144O17P2. The lowest BCUT2D eigenvalue weighted by atomic mass is 9.99. The average molecular weight is 1370 g/mol. The van der Waals surface area contributed by atoms with Gasteiger partial charge in [-0.25, -0.2) is 9.13 Å². The molecule has 0 spiro atoms. The second kappa shape index (κ2) is 63.5. The normalized spacial score (nSPS) is 14.8. The number of hydrogen-bond donors (Lipinski definition) is 3. The van der Waals surface area contributed by atoms with Gasteiger partial charge in [0.2, 0.25) is 0 Å². The first-order chi connectivity index (χ1) is 44.7. The van der Waals surface area contributed by atoms with Crippen LogP contribution in [0.2, 0.25) is 0 Å². The molecule has 0 aliphatic rings. The van der Waals surface area contributed by atoms with Gasteiger partial charge >= 0.3 is 39.5 Å². The van der Waals surface area contributed by atoms with Crippen LogP contribution in [0.4, 0.5) is 0 Å². The summed E-state index contributed by atoms with van der Waals surface area (Å²) in [6.45, 7) is 14.2. The van der Waals surface area contributed by atoms with E-state index < -0.39 is 97.5 Å². The molecule has 552 valence electrons. The third-order valence-corrected chi connectivity index (χ3v) is 19.7. The average Bonchev–Trinajstić information content (AvgIpc) is 3.04. The molecular weight excluding hydrogens is 1220 g/mol. The van der Waals surface area contributed by atoms with Crippen LogP contribution in [0.1, 0.15) is 370 Å². The fraction of sp³-hybridized carbons (Fsp3) is 0.946. The summed E-state index contributed by atoms with van der Waals surface area (Å²) >= 11 is 0. The predicted octanol–water partition coefficient (Wildman–Crippen LogP) is 21.3. The molecule has 0 aliphatic heterocycles. The number of phosphoric ester groups is 2. The maximum atomic E-state index is 13.1. The van der Waals surface area contributed by atoms with E-state index in [1.54, 1.807) is 0 Å². The Balaban J connectivity index is 5.25. The van der Waals surface area contributed by atoms with Crippen molar-refractivity contribution in [2.75, 3.05) is 39.6 Å². The number of carbonyl (C=O) groups is 4. The highest BCUT2D eigenvalue weighted by molar-refractivity contribution is 7.47. The van der Waals surface area contributed by atoms with Crippen molar-refractivity contribution in [2.45, 2.75) is 388 Å². The summed E-state index contributed by atoms with van der Waals surface area (Å²) < 4.78 is 68.4. The zero-order chi connectivity index (χ0) is 68.9. The van der Waals surface area contributed by atoms with Crippen LogP contribution in [0, 0.1) is 23.7 Å². The van der Waals surface area contributed by atoms with Crippen molar-refractivity contribution in [1.82, 2.24) is 0 Å². The van der Waals surface area contributed by atoms with Crippen molar-refractivity contribution in [3.05, 3.63) is 0 Å². The molecule has 93 heavy (non-hydrogen) atoms. The fourth-order valence-electron chi connectivity index (χ4n) is 11.1. The van der Waals surface area contributed by atoms with E-state index in [0.717, 1.165) is 114 Å². The summed E-state index contributed by atoms with van der Waals surface area (Å²) in [6.07, 6.45) is 47.2. The van der Waals surface area contributed by atoms with Gasteiger partial charge < -0.3 is 33.8 Å². The van der Waals surface area contributed by atoms with E-state index in [1.807, 2.05) is 0 Å². The van der Waals surface area contributed by atoms with Gasteiger partial charge in [-0.05, 0) is 49.4 Å². The standard InChI is InChI=1S/C74H144O17P2/c1-9-66(7)52-44-36-28-21-18-19-22-29-38-46-54-71(76)84-60-69(90-73(78)56-48-40-31-23-17-15-13-11-12-14-16-20-26-34-42-50-64(3)4)62-88-92(80,81)86-58-68(75)59-87-93(82,83)89-63-70(91-74(79)57-49-41-33-32-37-45-53-67(8)10-2)61-85-72(77)55-47-39-30-25-24-27-35-43-51-65(5)6/h64-70,75H,9-63H2,1-8H3,(H,80,81)(H,82,83)/t66?,67?,68?,69-,70-/m1/s1. The summed E-state index contributed by atoms with van der Waals surface area (Å²) in [4.78, 5) is 72.7. The molecule has 17 nitrogen and oxygen atoms in total. The van der Waals surface area contributed by atoms with Crippen molar-refractivity contribution in [1.29, 1.82) is 0 Å². The number of phosphoric acid groups is 2. The Morgan fingerprint density at radius 3 is 0.763 bits per heavy atom. The smallest absolute Gasteiger partial charge is 0.462 e. The number of ether oxygens (including phenoxy) is 4. The zero-order valence-corrected chi connectivity index (χ0v) is 62.7. The maximum absolute atomic E-state index is 13.1. The topological polar surface area (TPSA) is 237 Å². The van der Waals surface area contributed by atoms with E-state index in [1.165, 1.54) is 173 Å². The Labute approximate surface area is 568 Å². The SMILES string of the molecule is CCC(C)CCCCCCCCCCCCC(=O)OC[C@H](COP(=O)(O)OCC(O)COP(=O)(O)OC[C@@H](COC(=O)CCCCCCCCCCC(C)C)OC(=O)CCCCCCCCC(C)CC)OC(=O)CCCCCCCCCCCCCCCCCC(C)C. The Hall–Kier alpha value is -1.94. The lowest BCUT2D eigenvalue weighted by Gasteiger charge is -2.21. The minimum atomic E-state index is -4.96. The lowest BCUT2D eigenvalue weighted by Crippen LogP contribution is -2.30. The Bertz CT molecular complexity index is 1840. The molecule has 3 N–H and O–H groups in total. The van der Waals surface area contributed by atoms with Gasteiger partial charge in [0.05, 0.1) is 26.4 Å². The lowest BCUT2D eigenvalue weighted by molar-refractivity contribution is -0.161. The Kier molecular flexibility index (Phi) is 62.2. The molecule has 7 atom stereocenters. The molecule has 0 fully saturated rings. The van der Waals surface area contributed by atoms with E-state index in [9.17, 15) is 43.2 Å². The van der Waals surface area contributed by atoms with Crippen LogP contribution < -0.4 is 0 Å². The Morgan fingerprint density at radius 1 is 0.301 bits per heavy atom. The minimum Gasteiger partial charge on any atom is -0.462 e. The van der Waals surface area contributed by atoms with Gasteiger partial charge in [-0.3, -0.25) is 37.3 Å². The number of hydrogen-bond acceptors (Lipinski definition) is 15. The molecule has 0 rings (SSSR count). The molecule has 0 bridgehead atoms. The summed E-state index contributed by atoms with van der Waals surface area (Å²) in [5, 5.41) is 10.6. The van der Waals surface area contributed by atoms with Crippen molar-refractivity contribution in [3.8, 4) is 0 Å². The van der Waals surface area contributed by atoms with Gasteiger partial charge in [0.25, 0.3) is 0 Å². The maximum Gasteiger partial charge on any atom is 0.472 e. The van der Waals surface area contributed by atoms with Gasteiger partial charge in [0, 0.05) is 25.7 Å². The molecule has 0 saturated heterocycles. The van der Waals surface area contributed by atoms with Crippen molar-refractivity contribution in [2.24, 2.45) is 23.7 Å². The first-order valence-corrected chi connectivity index (χ1v) is 41.3. The van der Waals surface area contributed by atoms with Gasteiger partial charge in [0.1, 0.15) is 19.3 Å². The van der Waals surface area contributed by atoms with E-state index in [4.69, 9.17) is 37.0 Å². The van der Waals surface area contributed by atoms with Crippen LogP contribution in [0.5, 0.6) is 0 Å². The molecule has 0 radical (unpaired) electrons. The molecule has 0 aromatic rings. The van der Waals surface area contributed by atoms with Crippen molar-refractivity contribution < 1.29 is 80.2 Å². The molecule has 0 aromatic carbocycles. The molecule has 19 heteroatoms. The minimum absolute atomic E-state index is 0.102. The first kappa shape index (κ1) is 91.1. The molecule has 0 aromatic heterocycles. The fourth-order valence-corrected chi connectivity index (χ4v) is 12.7. The van der Waals surface area contributed by atoms with E-state index >= 15 is 0 Å². The second-order valence-corrected chi connectivity index (χ2v) is 31.0. The van der Waals surface area contributed by atoms with E-state index in [-0.39, 0.29) is 25.7 Å². The summed E-state index contributed by atoms with van der Waals surface area (Å²) in [7, 11) is -9.91. The molecule has 5 unspecified atom stereocenters. The number of carbonyl (C=O) groups excluding carboxylic acids is 4. The number of aliphatic hydroxyl groups is 1. The van der Waals surface area contributed by atoms with E-state index in [2.05, 4.69) is 55.4 Å². The highest BCUT2D eigenvalue weighted by atomic mass is 31.2. The second-order valence-electron chi connectivity index (χ2n) is 28.1. The highest BCUT2D eigenvalue weighted by Crippen LogP contribution is 2.45. The number of rotatable bonds is 71. The van der Waals surface area contributed by atoms with Crippen molar-refractivity contribution >= 4 is 39.5 Å². The third-order valence-electron chi connectivity index (χ3n) is 17.8. The van der Waals surface area contributed by atoms with Gasteiger partial charge in [0.15, 0.2) is 12.2 Å². The van der Waals surface area contributed by atoms with Gasteiger partial charge in [-0.15, -0.1) is 0 Å². The van der Waals surface area contributed by atoms with Crippen LogP contribution in [0.15, 0.2) is 0 Å². The molecule has 0 aliphatic carbocycles. The third kappa shape index (κ3) is 65.8. The largest absolute Gasteiger partial charge is 0.472 e. The summed E-state index contributed by atoms with van der Waals surface area (Å²) in [5.41, 5.74) is 0. The molecule has 0 saturated carbocycles. The summed E-state index contributed by atoms with van der Waals surface area (Å²) in [5.74, 6) is 0.932. The van der Waals surface area contributed by atoms with E-state index in [0.29, 0.717) is 25.7 Å². The zero-order valence-electron chi connectivity index (χ0n) is 60.9. The first-order valence-electron chi connectivity index (χ1n) is 38.3. The molecule has 0 amide bonds. The molecule has 0 heterocycles. The van der Waals surface area contributed by atoms with Crippen LogP contribution in [0.25, 0.3) is 0 Å². The predicted molar refractivity (Wildman–Crippen MR) is 377 cm³/mol. The van der Waals surface area contributed by atoms with Crippen LogP contribution in [-0.2, 0) is 65.4 Å². The van der Waals surface area contributed by atoms with Crippen LogP contribution in [-0.4, -0.2) is 96.7 Å². The number of aliphatic hydroxyl groups excluding tert-OH is 1. The monoisotopic (exact) mass is 1370 g/mol. The number of unbranched alkanes of at least 4 members (excludes halogenated alkanes) is 35. The Morgan fingerprint density at radius 2 is 0.516 bits per heavy atom. The number of esters is 4. The quantitative estimate of drug-likeness (QED) is 0.0222. The summed E-state index contributed by atoms with van der Waals surface area (Å²) in [6, 6.07) is 0. The van der Waals surface area contributed by atoms with Gasteiger partial charge in [-0.1, -0.05) is 319 Å². The van der Waals surface area contributed by atoms with Crippen LogP contribution in [0.3, 0.4) is 0 Å². The van der Waals surface area contributed by atoms with Gasteiger partial charge in [-0.2, -0.15) is 0 Å². The highest BCUT2D eigenvalue weighted by Gasteiger charge is 2.30. The van der Waals surface area contributed by atoms with Crippen LogP contribution >= 0.6 is 15.6 Å².